The van der Waals surface area contributed by atoms with Gasteiger partial charge in [-0.25, -0.2) is 0 Å². The predicted molar refractivity (Wildman–Crippen MR) is 74.3 cm³/mol. The minimum absolute atomic E-state index is 0.0340. The van der Waals surface area contributed by atoms with Gasteiger partial charge in [-0.1, -0.05) is 6.92 Å². The van der Waals surface area contributed by atoms with E-state index in [0.717, 1.165) is 32.5 Å². The number of likely N-dealkylation sites (N-methyl/N-ethyl adjacent to an activating group) is 1. The first-order chi connectivity index (χ1) is 9.11. The van der Waals surface area contributed by atoms with Gasteiger partial charge in [-0.05, 0) is 32.5 Å². The van der Waals surface area contributed by atoms with Crippen molar-refractivity contribution in [1.82, 2.24) is 14.8 Å². The summed E-state index contributed by atoms with van der Waals surface area (Å²) < 4.78 is 0. The number of aromatic nitrogens is 1. The zero-order chi connectivity index (χ0) is 13.8. The smallest absolute Gasteiger partial charge is 0.254 e. The highest BCUT2D eigenvalue weighted by atomic mass is 16.2. The van der Waals surface area contributed by atoms with Crippen LogP contribution in [0.1, 0.15) is 30.1 Å². The van der Waals surface area contributed by atoms with E-state index in [1.807, 2.05) is 4.90 Å². The molecular formula is C14H21N3O2. The van der Waals surface area contributed by atoms with Crippen molar-refractivity contribution in [2.75, 3.05) is 26.7 Å². The van der Waals surface area contributed by atoms with Crippen molar-refractivity contribution in [3.05, 3.63) is 34.2 Å². The van der Waals surface area contributed by atoms with E-state index >= 15 is 0 Å². The molecule has 1 unspecified atom stereocenters. The molecule has 19 heavy (non-hydrogen) atoms. The maximum atomic E-state index is 12.5. The lowest BCUT2D eigenvalue weighted by atomic mass is 10.1. The van der Waals surface area contributed by atoms with E-state index in [1.165, 1.54) is 12.3 Å². The van der Waals surface area contributed by atoms with Crippen LogP contribution in [0.3, 0.4) is 0 Å². The second-order valence-electron chi connectivity index (χ2n) is 5.12. The van der Waals surface area contributed by atoms with Gasteiger partial charge in [-0.3, -0.25) is 9.59 Å². The Morgan fingerprint density at radius 1 is 1.47 bits per heavy atom. The van der Waals surface area contributed by atoms with Crippen molar-refractivity contribution in [2.45, 2.75) is 25.8 Å². The standard InChI is InChI=1S/C14H21N3O2/c1-3-12-10-16(2)7-4-8-17(12)14(19)11-5-6-15-13(18)9-11/h5-6,9,12H,3-4,7-8,10H2,1-2H3,(H,15,18). The second kappa shape index (κ2) is 6.02. The molecule has 5 heteroatoms. The van der Waals surface area contributed by atoms with Gasteiger partial charge in [0, 0.05) is 37.0 Å². The van der Waals surface area contributed by atoms with Gasteiger partial charge in [-0.15, -0.1) is 0 Å². The highest BCUT2D eigenvalue weighted by molar-refractivity contribution is 5.94. The van der Waals surface area contributed by atoms with Gasteiger partial charge in [0.25, 0.3) is 5.91 Å². The monoisotopic (exact) mass is 263 g/mol. The fourth-order valence-electron chi connectivity index (χ4n) is 2.60. The van der Waals surface area contributed by atoms with Crippen LogP contribution in [0.2, 0.25) is 0 Å². The summed E-state index contributed by atoms with van der Waals surface area (Å²) in [4.78, 5) is 30.6. The molecule has 104 valence electrons. The van der Waals surface area contributed by atoms with E-state index in [-0.39, 0.29) is 17.5 Å². The third-order valence-corrected chi connectivity index (χ3v) is 3.66. The van der Waals surface area contributed by atoms with Gasteiger partial charge in [-0.2, -0.15) is 0 Å². The number of aromatic amines is 1. The molecule has 1 fully saturated rings. The van der Waals surface area contributed by atoms with Crippen molar-refractivity contribution in [2.24, 2.45) is 0 Å². The molecule has 0 spiro atoms. The highest BCUT2D eigenvalue weighted by Gasteiger charge is 2.26. The van der Waals surface area contributed by atoms with Crippen LogP contribution in [-0.2, 0) is 0 Å². The Kier molecular flexibility index (Phi) is 4.37. The molecule has 2 heterocycles. The topological polar surface area (TPSA) is 56.4 Å². The molecule has 0 aliphatic carbocycles. The molecule has 0 aromatic carbocycles. The van der Waals surface area contributed by atoms with E-state index in [9.17, 15) is 9.59 Å². The number of hydrogen-bond donors (Lipinski definition) is 1. The Morgan fingerprint density at radius 3 is 2.95 bits per heavy atom. The van der Waals surface area contributed by atoms with Crippen LogP contribution in [0.25, 0.3) is 0 Å². The van der Waals surface area contributed by atoms with Crippen LogP contribution < -0.4 is 5.56 Å². The number of amides is 1. The van der Waals surface area contributed by atoms with E-state index in [4.69, 9.17) is 0 Å². The molecule has 1 aliphatic heterocycles. The number of H-pyrrole nitrogens is 1. The summed E-state index contributed by atoms with van der Waals surface area (Å²) in [6.07, 6.45) is 3.43. The van der Waals surface area contributed by atoms with Crippen LogP contribution >= 0.6 is 0 Å². The van der Waals surface area contributed by atoms with Gasteiger partial charge in [0.15, 0.2) is 0 Å². The third kappa shape index (κ3) is 3.23. The average Bonchev–Trinajstić information content (AvgIpc) is 2.59. The average molecular weight is 263 g/mol. The fraction of sp³-hybridized carbons (Fsp3) is 0.571. The molecule has 1 N–H and O–H groups in total. The lowest BCUT2D eigenvalue weighted by Gasteiger charge is -2.30. The predicted octanol–water partition coefficient (Wildman–Crippen LogP) is 0.931. The van der Waals surface area contributed by atoms with Crippen LogP contribution in [0.15, 0.2) is 23.1 Å². The molecule has 0 saturated carbocycles. The Labute approximate surface area is 113 Å². The van der Waals surface area contributed by atoms with Gasteiger partial charge < -0.3 is 14.8 Å². The summed E-state index contributed by atoms with van der Waals surface area (Å²) in [7, 11) is 2.09. The molecule has 0 bridgehead atoms. The molecule has 2 rings (SSSR count). The summed E-state index contributed by atoms with van der Waals surface area (Å²) >= 11 is 0. The van der Waals surface area contributed by atoms with E-state index in [1.54, 1.807) is 6.07 Å². The molecule has 1 atom stereocenters. The number of nitrogens with one attached hydrogen (secondary N) is 1. The zero-order valence-corrected chi connectivity index (χ0v) is 11.6. The number of rotatable bonds is 2. The van der Waals surface area contributed by atoms with Gasteiger partial charge in [0.1, 0.15) is 0 Å². The largest absolute Gasteiger partial charge is 0.334 e. The van der Waals surface area contributed by atoms with Crippen molar-refractivity contribution in [1.29, 1.82) is 0 Å². The number of carbonyl (C=O) groups is 1. The minimum Gasteiger partial charge on any atom is -0.334 e. The van der Waals surface area contributed by atoms with E-state index in [0.29, 0.717) is 5.56 Å². The zero-order valence-electron chi connectivity index (χ0n) is 11.6. The maximum absolute atomic E-state index is 12.5. The number of nitrogens with zero attached hydrogens (tertiary/aromatic N) is 2. The van der Waals surface area contributed by atoms with Gasteiger partial charge in [0.2, 0.25) is 5.56 Å². The van der Waals surface area contributed by atoms with Crippen LogP contribution in [-0.4, -0.2) is 53.4 Å². The van der Waals surface area contributed by atoms with Gasteiger partial charge in [0.05, 0.1) is 0 Å². The summed E-state index contributed by atoms with van der Waals surface area (Å²) in [5.74, 6) is -0.0340. The Balaban J connectivity index is 2.23. The summed E-state index contributed by atoms with van der Waals surface area (Å²) in [6.45, 7) is 4.76. The third-order valence-electron chi connectivity index (χ3n) is 3.66. The van der Waals surface area contributed by atoms with Crippen LogP contribution in [0.4, 0.5) is 0 Å². The molecule has 1 aromatic rings. The highest BCUT2D eigenvalue weighted by Crippen LogP contribution is 2.15. The number of hydrogen-bond acceptors (Lipinski definition) is 3. The first-order valence-corrected chi connectivity index (χ1v) is 6.80. The van der Waals surface area contributed by atoms with Crippen LogP contribution in [0, 0.1) is 0 Å². The first-order valence-electron chi connectivity index (χ1n) is 6.80. The first kappa shape index (κ1) is 13.8. The second-order valence-corrected chi connectivity index (χ2v) is 5.12. The molecule has 5 nitrogen and oxygen atoms in total. The summed E-state index contributed by atoms with van der Waals surface area (Å²) in [5, 5.41) is 0. The Morgan fingerprint density at radius 2 is 2.26 bits per heavy atom. The Hall–Kier alpha value is -1.62. The molecule has 1 saturated heterocycles. The van der Waals surface area contributed by atoms with Gasteiger partial charge >= 0.3 is 0 Å². The maximum Gasteiger partial charge on any atom is 0.254 e. The molecule has 1 aliphatic rings. The minimum atomic E-state index is -0.231. The van der Waals surface area contributed by atoms with E-state index in [2.05, 4.69) is 23.9 Å². The van der Waals surface area contributed by atoms with Crippen molar-refractivity contribution in [3.8, 4) is 0 Å². The fourth-order valence-corrected chi connectivity index (χ4v) is 2.60. The molecule has 1 amide bonds. The summed E-state index contributed by atoms with van der Waals surface area (Å²) in [6, 6.07) is 3.27. The number of pyridine rings is 1. The quantitative estimate of drug-likeness (QED) is 0.863. The summed E-state index contributed by atoms with van der Waals surface area (Å²) in [5.41, 5.74) is 0.248. The van der Waals surface area contributed by atoms with Crippen molar-refractivity contribution >= 4 is 5.91 Å². The van der Waals surface area contributed by atoms with Crippen LogP contribution in [0.5, 0.6) is 0 Å². The lowest BCUT2D eigenvalue weighted by Crippen LogP contribution is -2.43. The number of carbonyl (C=O) groups excluding carboxylic acids is 1. The molecular weight excluding hydrogens is 242 g/mol. The molecule has 1 aromatic heterocycles. The SMILES string of the molecule is CCC1CN(C)CCCN1C(=O)c1cc[nH]c(=O)c1. The van der Waals surface area contributed by atoms with Crippen molar-refractivity contribution < 1.29 is 4.79 Å². The lowest BCUT2D eigenvalue weighted by molar-refractivity contribution is 0.0675. The van der Waals surface area contributed by atoms with E-state index < -0.39 is 0 Å². The Bertz CT molecular complexity index is 497. The molecule has 0 radical (unpaired) electrons. The normalized spacial score (nSPS) is 21.2. The van der Waals surface area contributed by atoms with Crippen molar-refractivity contribution in [3.63, 3.8) is 0 Å².